The lowest BCUT2D eigenvalue weighted by molar-refractivity contribution is 0.203. The fraction of sp³-hybridized carbons (Fsp3) is 0.455. The van der Waals surface area contributed by atoms with E-state index in [1.54, 1.807) is 12.1 Å². The Hall–Kier alpha value is -2.07. The number of hydrogen-bond donors (Lipinski definition) is 1. The minimum Gasteiger partial charge on any atom is -0.491 e. The average Bonchev–Trinajstić information content (AvgIpc) is 2.64. The molecule has 2 aromatic carbocycles. The van der Waals surface area contributed by atoms with Gasteiger partial charge in [-0.2, -0.15) is 0 Å². The maximum absolute atomic E-state index is 13.0. The molecular formula is C22H30FNO2. The second-order valence-electron chi connectivity index (χ2n) is 6.67. The van der Waals surface area contributed by atoms with Crippen LogP contribution in [0.3, 0.4) is 0 Å². The van der Waals surface area contributed by atoms with E-state index in [1.807, 2.05) is 18.2 Å². The predicted molar refractivity (Wildman–Crippen MR) is 104 cm³/mol. The molecule has 26 heavy (non-hydrogen) atoms. The van der Waals surface area contributed by atoms with Crippen molar-refractivity contribution in [2.24, 2.45) is 0 Å². The van der Waals surface area contributed by atoms with Crippen LogP contribution in [0.15, 0.2) is 42.5 Å². The maximum Gasteiger partial charge on any atom is 0.127 e. The molecule has 0 heterocycles. The average molecular weight is 359 g/mol. The third-order valence-corrected chi connectivity index (χ3v) is 4.41. The van der Waals surface area contributed by atoms with Crippen molar-refractivity contribution in [3.8, 4) is 11.5 Å². The van der Waals surface area contributed by atoms with Crippen LogP contribution in [0.25, 0.3) is 0 Å². The van der Waals surface area contributed by atoms with Crippen molar-refractivity contribution in [1.82, 2.24) is 5.32 Å². The fourth-order valence-corrected chi connectivity index (χ4v) is 2.42. The van der Waals surface area contributed by atoms with Crippen LogP contribution in [-0.4, -0.2) is 12.2 Å². The molecule has 4 heteroatoms. The lowest BCUT2D eigenvalue weighted by atomic mass is 10.1. The summed E-state index contributed by atoms with van der Waals surface area (Å²) in [4.78, 5) is 0. The van der Waals surface area contributed by atoms with E-state index in [0.717, 1.165) is 35.5 Å². The van der Waals surface area contributed by atoms with Gasteiger partial charge in [-0.05, 0) is 50.5 Å². The van der Waals surface area contributed by atoms with Gasteiger partial charge in [-0.1, -0.05) is 32.0 Å². The molecule has 0 aliphatic carbocycles. The molecule has 0 spiro atoms. The highest BCUT2D eigenvalue weighted by atomic mass is 19.1. The van der Waals surface area contributed by atoms with Gasteiger partial charge in [0.05, 0.1) is 12.2 Å². The second kappa shape index (κ2) is 10.2. The van der Waals surface area contributed by atoms with Crippen molar-refractivity contribution >= 4 is 0 Å². The van der Waals surface area contributed by atoms with Gasteiger partial charge in [0.1, 0.15) is 17.3 Å². The van der Waals surface area contributed by atoms with Crippen molar-refractivity contribution in [2.45, 2.75) is 65.8 Å². The molecule has 0 radical (unpaired) electrons. The molecule has 0 aliphatic rings. The zero-order valence-corrected chi connectivity index (χ0v) is 16.2. The first kappa shape index (κ1) is 20.2. The minimum absolute atomic E-state index is 0.143. The topological polar surface area (TPSA) is 30.5 Å². The standard InChI is InChI=1S/C22H30FNO2/c1-5-16(3)25-21-12-9-19(22(13-21)26-17(4)6-2)15-24-14-18-7-10-20(23)11-8-18/h7-13,16-17,24H,5-6,14-15H2,1-4H3. The highest BCUT2D eigenvalue weighted by Gasteiger charge is 2.11. The lowest BCUT2D eigenvalue weighted by Crippen LogP contribution is -2.16. The van der Waals surface area contributed by atoms with Crippen molar-refractivity contribution < 1.29 is 13.9 Å². The Kier molecular flexibility index (Phi) is 7.92. The summed E-state index contributed by atoms with van der Waals surface area (Å²) in [6.45, 7) is 9.69. The number of halogens is 1. The Labute approximate surface area is 156 Å². The van der Waals surface area contributed by atoms with Gasteiger partial charge in [0, 0.05) is 24.7 Å². The van der Waals surface area contributed by atoms with Crippen molar-refractivity contribution in [3.05, 3.63) is 59.4 Å². The summed E-state index contributed by atoms with van der Waals surface area (Å²) in [5.74, 6) is 1.47. The van der Waals surface area contributed by atoms with E-state index in [9.17, 15) is 4.39 Å². The van der Waals surface area contributed by atoms with Crippen LogP contribution < -0.4 is 14.8 Å². The highest BCUT2D eigenvalue weighted by Crippen LogP contribution is 2.27. The van der Waals surface area contributed by atoms with Crippen LogP contribution in [0.5, 0.6) is 11.5 Å². The molecule has 2 atom stereocenters. The Bertz CT molecular complexity index is 672. The lowest BCUT2D eigenvalue weighted by Gasteiger charge is -2.19. The van der Waals surface area contributed by atoms with Crippen molar-refractivity contribution in [3.63, 3.8) is 0 Å². The van der Waals surface area contributed by atoms with Crippen LogP contribution in [0.4, 0.5) is 4.39 Å². The first-order valence-corrected chi connectivity index (χ1v) is 9.43. The third kappa shape index (κ3) is 6.34. The smallest absolute Gasteiger partial charge is 0.127 e. The molecule has 3 nitrogen and oxygen atoms in total. The summed E-state index contributed by atoms with van der Waals surface area (Å²) >= 11 is 0. The second-order valence-corrected chi connectivity index (χ2v) is 6.67. The van der Waals surface area contributed by atoms with E-state index in [1.165, 1.54) is 12.1 Å². The van der Waals surface area contributed by atoms with Crippen molar-refractivity contribution in [1.29, 1.82) is 0 Å². The molecule has 0 saturated carbocycles. The largest absolute Gasteiger partial charge is 0.491 e. The van der Waals surface area contributed by atoms with Gasteiger partial charge in [-0.25, -0.2) is 4.39 Å². The number of ether oxygens (including phenoxy) is 2. The Morgan fingerprint density at radius 1 is 0.885 bits per heavy atom. The monoisotopic (exact) mass is 359 g/mol. The number of nitrogens with one attached hydrogen (secondary N) is 1. The highest BCUT2D eigenvalue weighted by molar-refractivity contribution is 5.41. The summed E-state index contributed by atoms with van der Waals surface area (Å²) in [6.07, 6.45) is 2.22. The van der Waals surface area contributed by atoms with E-state index < -0.39 is 0 Å². The van der Waals surface area contributed by atoms with Crippen LogP contribution in [-0.2, 0) is 13.1 Å². The fourth-order valence-electron chi connectivity index (χ4n) is 2.42. The van der Waals surface area contributed by atoms with Crippen LogP contribution in [0.2, 0.25) is 0 Å². The Balaban J connectivity index is 2.05. The van der Waals surface area contributed by atoms with E-state index in [2.05, 4.69) is 33.0 Å². The molecule has 0 amide bonds. The molecule has 0 saturated heterocycles. The van der Waals surface area contributed by atoms with Gasteiger partial charge in [-0.15, -0.1) is 0 Å². The maximum atomic E-state index is 13.0. The molecular weight excluding hydrogens is 329 g/mol. The quantitative estimate of drug-likeness (QED) is 0.610. The molecule has 0 aliphatic heterocycles. The first-order valence-electron chi connectivity index (χ1n) is 9.43. The van der Waals surface area contributed by atoms with Crippen LogP contribution >= 0.6 is 0 Å². The van der Waals surface area contributed by atoms with E-state index in [-0.39, 0.29) is 18.0 Å². The number of benzene rings is 2. The molecule has 2 aromatic rings. The molecule has 0 fully saturated rings. The first-order chi connectivity index (χ1) is 12.5. The van der Waals surface area contributed by atoms with Crippen LogP contribution in [0.1, 0.15) is 51.7 Å². The summed E-state index contributed by atoms with van der Waals surface area (Å²) < 4.78 is 25.0. The molecule has 0 bridgehead atoms. The molecule has 1 N–H and O–H groups in total. The van der Waals surface area contributed by atoms with Gasteiger partial charge in [-0.3, -0.25) is 0 Å². The van der Waals surface area contributed by atoms with Crippen LogP contribution in [0, 0.1) is 5.82 Å². The zero-order chi connectivity index (χ0) is 18.9. The number of hydrogen-bond acceptors (Lipinski definition) is 3. The minimum atomic E-state index is -0.213. The SMILES string of the molecule is CCC(C)Oc1ccc(CNCc2ccc(F)cc2)c(OC(C)CC)c1. The number of rotatable bonds is 10. The van der Waals surface area contributed by atoms with E-state index in [0.29, 0.717) is 13.1 Å². The summed E-state index contributed by atoms with van der Waals surface area (Å²) in [7, 11) is 0. The van der Waals surface area contributed by atoms with Gasteiger partial charge in [0.15, 0.2) is 0 Å². The van der Waals surface area contributed by atoms with Gasteiger partial charge in [0.2, 0.25) is 0 Å². The predicted octanol–water partition coefficient (Wildman–Crippen LogP) is 5.47. The molecule has 2 rings (SSSR count). The van der Waals surface area contributed by atoms with Gasteiger partial charge >= 0.3 is 0 Å². The summed E-state index contributed by atoms with van der Waals surface area (Å²) in [5, 5.41) is 3.40. The van der Waals surface area contributed by atoms with Gasteiger partial charge < -0.3 is 14.8 Å². The summed E-state index contributed by atoms with van der Waals surface area (Å²) in [6, 6.07) is 12.6. The Morgan fingerprint density at radius 2 is 1.54 bits per heavy atom. The molecule has 2 unspecified atom stereocenters. The molecule has 0 aromatic heterocycles. The van der Waals surface area contributed by atoms with Gasteiger partial charge in [0.25, 0.3) is 0 Å². The van der Waals surface area contributed by atoms with E-state index in [4.69, 9.17) is 9.47 Å². The zero-order valence-electron chi connectivity index (χ0n) is 16.2. The molecule has 142 valence electrons. The third-order valence-electron chi connectivity index (χ3n) is 4.41. The Morgan fingerprint density at radius 3 is 2.19 bits per heavy atom. The van der Waals surface area contributed by atoms with Crippen molar-refractivity contribution in [2.75, 3.05) is 0 Å². The van der Waals surface area contributed by atoms with E-state index >= 15 is 0 Å². The normalized spacial score (nSPS) is 13.3. The summed E-state index contributed by atoms with van der Waals surface area (Å²) in [5.41, 5.74) is 2.14.